The summed E-state index contributed by atoms with van der Waals surface area (Å²) < 4.78 is 5.23. The van der Waals surface area contributed by atoms with E-state index in [1.54, 1.807) is 0 Å². The first-order chi connectivity index (χ1) is 4.93. The molecular weight excluding hydrogens is 144 g/mol. The molecule has 0 aliphatic heterocycles. The molecule has 1 rings (SSSR count). The number of rotatable bonds is 5. The summed E-state index contributed by atoms with van der Waals surface area (Å²) in [7, 11) is 0. The topological polar surface area (TPSA) is 9.23 Å². The maximum Gasteiger partial charge on any atom is 0.0556 e. The van der Waals surface area contributed by atoms with Crippen molar-refractivity contribution in [3.63, 3.8) is 0 Å². The molecule has 1 fully saturated rings. The Kier molecular flexibility index (Phi) is 4.23. The quantitative estimate of drug-likeness (QED) is 0.571. The highest BCUT2D eigenvalue weighted by Crippen LogP contribution is 2.30. The van der Waals surface area contributed by atoms with Gasteiger partial charge in [-0.05, 0) is 19.8 Å². The minimum atomic E-state index is 0.866. The second kappa shape index (κ2) is 5.03. The summed E-state index contributed by atoms with van der Waals surface area (Å²) in [6.07, 6.45) is 4.33. The summed E-state index contributed by atoms with van der Waals surface area (Å²) in [6, 6.07) is 0. The normalized spacial score (nSPS) is 18.9. The van der Waals surface area contributed by atoms with Crippen molar-refractivity contribution in [2.45, 2.75) is 31.4 Å². The molecule has 0 bridgehead atoms. The van der Waals surface area contributed by atoms with Crippen molar-refractivity contribution < 1.29 is 4.74 Å². The number of thioether (sulfide) groups is 1. The lowest BCUT2D eigenvalue weighted by Crippen LogP contribution is -2.14. The van der Waals surface area contributed by atoms with Gasteiger partial charge in [0.2, 0.25) is 0 Å². The largest absolute Gasteiger partial charge is 0.381 e. The van der Waals surface area contributed by atoms with E-state index in [0.717, 1.165) is 18.5 Å². The van der Waals surface area contributed by atoms with Gasteiger partial charge >= 0.3 is 0 Å². The van der Waals surface area contributed by atoms with Crippen LogP contribution in [0.25, 0.3) is 0 Å². The molecule has 0 unspecified atom stereocenters. The van der Waals surface area contributed by atoms with E-state index in [1.165, 1.54) is 25.0 Å². The molecule has 1 aliphatic rings. The summed E-state index contributed by atoms with van der Waals surface area (Å²) in [5.41, 5.74) is 0. The number of hydrogen-bond acceptors (Lipinski definition) is 2. The van der Waals surface area contributed by atoms with E-state index in [2.05, 4.69) is 11.8 Å². The predicted octanol–water partition coefficient (Wildman–Crippen LogP) is 2.31. The first kappa shape index (κ1) is 8.41. The van der Waals surface area contributed by atoms with Crippen molar-refractivity contribution >= 4 is 11.8 Å². The Bertz CT molecular complexity index is 81.3. The molecule has 10 heavy (non-hydrogen) atoms. The molecule has 0 heterocycles. The van der Waals surface area contributed by atoms with Crippen LogP contribution in [0.1, 0.15) is 26.2 Å². The third kappa shape index (κ3) is 2.93. The highest BCUT2D eigenvalue weighted by Gasteiger charge is 2.16. The first-order valence-electron chi connectivity index (χ1n) is 4.13. The van der Waals surface area contributed by atoms with E-state index >= 15 is 0 Å². The maximum atomic E-state index is 5.23. The molecule has 0 N–H and O–H groups in total. The third-order valence-corrected chi connectivity index (χ3v) is 3.18. The molecule has 60 valence electrons. The standard InChI is InChI=1S/C8H16OS/c1-2-9-6-7-10-8-4-3-5-8/h8H,2-7H2,1H3. The lowest BCUT2D eigenvalue weighted by atomic mass is 10.0. The first-order valence-corrected chi connectivity index (χ1v) is 5.17. The summed E-state index contributed by atoms with van der Waals surface area (Å²) >= 11 is 2.08. The molecule has 0 aromatic rings. The van der Waals surface area contributed by atoms with E-state index in [9.17, 15) is 0 Å². The Morgan fingerprint density at radius 2 is 2.30 bits per heavy atom. The zero-order valence-electron chi connectivity index (χ0n) is 6.64. The van der Waals surface area contributed by atoms with E-state index in [1.807, 2.05) is 6.92 Å². The summed E-state index contributed by atoms with van der Waals surface area (Å²) in [6.45, 7) is 3.86. The fraction of sp³-hybridized carbons (Fsp3) is 1.00. The van der Waals surface area contributed by atoms with Crippen LogP contribution in [0.3, 0.4) is 0 Å². The van der Waals surface area contributed by atoms with E-state index < -0.39 is 0 Å². The van der Waals surface area contributed by atoms with Crippen molar-refractivity contribution in [3.8, 4) is 0 Å². The monoisotopic (exact) mass is 160 g/mol. The van der Waals surface area contributed by atoms with Gasteiger partial charge in [0, 0.05) is 17.6 Å². The Morgan fingerprint density at radius 1 is 1.50 bits per heavy atom. The Morgan fingerprint density at radius 3 is 2.80 bits per heavy atom. The molecule has 0 aromatic carbocycles. The van der Waals surface area contributed by atoms with Crippen LogP contribution in [0.15, 0.2) is 0 Å². The second-order valence-electron chi connectivity index (χ2n) is 2.62. The minimum absolute atomic E-state index is 0.866. The summed E-state index contributed by atoms with van der Waals surface area (Å²) in [4.78, 5) is 0. The van der Waals surface area contributed by atoms with Gasteiger partial charge in [0.25, 0.3) is 0 Å². The molecule has 0 aromatic heterocycles. The zero-order valence-corrected chi connectivity index (χ0v) is 7.45. The van der Waals surface area contributed by atoms with Crippen LogP contribution in [0.5, 0.6) is 0 Å². The van der Waals surface area contributed by atoms with Crippen LogP contribution in [0, 0.1) is 0 Å². The molecule has 1 saturated carbocycles. The van der Waals surface area contributed by atoms with Gasteiger partial charge < -0.3 is 4.74 Å². The lowest BCUT2D eigenvalue weighted by molar-refractivity contribution is 0.164. The van der Waals surface area contributed by atoms with Crippen LogP contribution in [0.4, 0.5) is 0 Å². The van der Waals surface area contributed by atoms with Crippen LogP contribution in [0.2, 0.25) is 0 Å². The van der Waals surface area contributed by atoms with Gasteiger partial charge in [0.05, 0.1) is 6.61 Å². The van der Waals surface area contributed by atoms with Crippen molar-refractivity contribution in [1.29, 1.82) is 0 Å². The average Bonchev–Trinajstić information content (AvgIpc) is 1.84. The third-order valence-electron chi connectivity index (χ3n) is 1.84. The smallest absolute Gasteiger partial charge is 0.0556 e. The van der Waals surface area contributed by atoms with Crippen molar-refractivity contribution in [1.82, 2.24) is 0 Å². The number of ether oxygens (including phenoxy) is 1. The fourth-order valence-electron chi connectivity index (χ4n) is 0.955. The van der Waals surface area contributed by atoms with E-state index in [0.29, 0.717) is 0 Å². The van der Waals surface area contributed by atoms with E-state index in [-0.39, 0.29) is 0 Å². The lowest BCUT2D eigenvalue weighted by Gasteiger charge is -2.24. The molecule has 0 amide bonds. The molecule has 2 heteroatoms. The Balaban J connectivity index is 1.76. The summed E-state index contributed by atoms with van der Waals surface area (Å²) in [5.74, 6) is 1.19. The SMILES string of the molecule is CCOCCSC1CCC1. The minimum Gasteiger partial charge on any atom is -0.381 e. The highest BCUT2D eigenvalue weighted by atomic mass is 32.2. The van der Waals surface area contributed by atoms with Crippen LogP contribution in [-0.2, 0) is 4.74 Å². The Labute approximate surface area is 67.5 Å². The van der Waals surface area contributed by atoms with Crippen LogP contribution >= 0.6 is 11.8 Å². The van der Waals surface area contributed by atoms with Gasteiger partial charge in [-0.1, -0.05) is 6.42 Å². The van der Waals surface area contributed by atoms with Crippen molar-refractivity contribution in [2.75, 3.05) is 19.0 Å². The molecule has 1 aliphatic carbocycles. The molecule has 0 atom stereocenters. The van der Waals surface area contributed by atoms with Crippen LogP contribution in [-0.4, -0.2) is 24.2 Å². The van der Waals surface area contributed by atoms with Gasteiger partial charge in [-0.3, -0.25) is 0 Å². The van der Waals surface area contributed by atoms with E-state index in [4.69, 9.17) is 4.74 Å². The van der Waals surface area contributed by atoms with Gasteiger partial charge in [0.15, 0.2) is 0 Å². The highest BCUT2D eigenvalue weighted by molar-refractivity contribution is 7.99. The van der Waals surface area contributed by atoms with Gasteiger partial charge in [-0.25, -0.2) is 0 Å². The summed E-state index contributed by atoms with van der Waals surface area (Å²) in [5, 5.41) is 0.973. The fourth-order valence-corrected chi connectivity index (χ4v) is 2.17. The molecular formula is C8H16OS. The molecule has 0 radical (unpaired) electrons. The number of hydrogen-bond donors (Lipinski definition) is 0. The van der Waals surface area contributed by atoms with Gasteiger partial charge in [0.1, 0.15) is 0 Å². The van der Waals surface area contributed by atoms with Gasteiger partial charge in [-0.2, -0.15) is 11.8 Å². The Hall–Kier alpha value is 0.310. The molecule has 0 spiro atoms. The predicted molar refractivity (Wildman–Crippen MR) is 46.6 cm³/mol. The molecule has 0 saturated heterocycles. The maximum absolute atomic E-state index is 5.23. The van der Waals surface area contributed by atoms with Crippen molar-refractivity contribution in [2.24, 2.45) is 0 Å². The zero-order chi connectivity index (χ0) is 7.23. The van der Waals surface area contributed by atoms with Crippen LogP contribution < -0.4 is 0 Å². The van der Waals surface area contributed by atoms with Gasteiger partial charge in [-0.15, -0.1) is 0 Å². The second-order valence-corrected chi connectivity index (χ2v) is 4.03. The van der Waals surface area contributed by atoms with Crippen molar-refractivity contribution in [3.05, 3.63) is 0 Å². The molecule has 1 nitrogen and oxygen atoms in total. The average molecular weight is 160 g/mol.